The van der Waals surface area contributed by atoms with E-state index in [4.69, 9.17) is 5.73 Å². The third kappa shape index (κ3) is 2.77. The minimum absolute atomic E-state index is 0.196. The fraction of sp³-hybridized carbons (Fsp3) is 0.278. The molecule has 0 saturated heterocycles. The lowest BCUT2D eigenvalue weighted by Gasteiger charge is -2.24. The van der Waals surface area contributed by atoms with Crippen LogP contribution >= 0.6 is 0 Å². The molecule has 2 N–H and O–H groups in total. The van der Waals surface area contributed by atoms with E-state index in [1.54, 1.807) is 0 Å². The number of anilines is 2. The Morgan fingerprint density at radius 1 is 1.14 bits per heavy atom. The molecule has 0 aromatic heterocycles. The van der Waals surface area contributed by atoms with Crippen molar-refractivity contribution in [2.45, 2.75) is 32.7 Å². The second-order valence-electron chi connectivity index (χ2n) is 5.65. The van der Waals surface area contributed by atoms with Gasteiger partial charge in [0.15, 0.2) is 0 Å². The molecule has 108 valence electrons. The Bertz CT molecular complexity index is 679. The maximum absolute atomic E-state index is 12.5. The van der Waals surface area contributed by atoms with Gasteiger partial charge in [-0.3, -0.25) is 4.79 Å². The van der Waals surface area contributed by atoms with Crippen LogP contribution in [0.4, 0.5) is 11.4 Å². The minimum Gasteiger partial charge on any atom is -0.399 e. The van der Waals surface area contributed by atoms with Crippen LogP contribution in [0.3, 0.4) is 0 Å². The van der Waals surface area contributed by atoms with Crippen molar-refractivity contribution in [2.75, 3.05) is 10.6 Å². The van der Waals surface area contributed by atoms with E-state index >= 15 is 0 Å². The van der Waals surface area contributed by atoms with E-state index in [-0.39, 0.29) is 5.91 Å². The Balaban J connectivity index is 2.00. The highest BCUT2D eigenvalue weighted by atomic mass is 16.2. The van der Waals surface area contributed by atoms with Crippen molar-refractivity contribution in [1.29, 1.82) is 0 Å². The molecule has 0 atom stereocenters. The molecule has 2 aromatic rings. The molecule has 0 saturated carbocycles. The van der Waals surface area contributed by atoms with Crippen molar-refractivity contribution in [2.24, 2.45) is 0 Å². The molecular weight excluding hydrogens is 260 g/mol. The molecule has 0 fully saturated rings. The van der Waals surface area contributed by atoms with Gasteiger partial charge < -0.3 is 10.6 Å². The predicted molar refractivity (Wildman–Crippen MR) is 86.2 cm³/mol. The largest absolute Gasteiger partial charge is 0.399 e. The normalized spacial score (nSPS) is 14.7. The summed E-state index contributed by atoms with van der Waals surface area (Å²) in [5.74, 6) is 0.196. The fourth-order valence-corrected chi connectivity index (χ4v) is 2.90. The number of hydrogen-bond acceptors (Lipinski definition) is 2. The lowest BCUT2D eigenvalue weighted by atomic mass is 10.1. The average Bonchev–Trinajstić information content (AvgIpc) is 2.61. The second kappa shape index (κ2) is 5.60. The van der Waals surface area contributed by atoms with Gasteiger partial charge in [0.25, 0.3) is 0 Å². The van der Waals surface area contributed by atoms with Gasteiger partial charge in [-0.1, -0.05) is 24.3 Å². The first-order valence-corrected chi connectivity index (χ1v) is 7.38. The minimum atomic E-state index is 0.196. The number of hydrogen-bond donors (Lipinski definition) is 1. The first kappa shape index (κ1) is 13.7. The van der Waals surface area contributed by atoms with E-state index in [9.17, 15) is 4.79 Å². The molecule has 1 amide bonds. The quantitative estimate of drug-likeness (QED) is 0.856. The zero-order valence-corrected chi connectivity index (χ0v) is 12.3. The number of rotatable bonds is 2. The van der Waals surface area contributed by atoms with Gasteiger partial charge in [0, 0.05) is 17.8 Å². The fourth-order valence-electron chi connectivity index (χ4n) is 2.90. The standard InChI is InChI=1S/C18H20N2O/c1-13-5-2-3-6-15(13)12-20-17-10-9-16(19)11-14(17)7-4-8-18(20)21/h2-3,5-6,9-11H,4,7-8,12,19H2,1H3. The third-order valence-corrected chi connectivity index (χ3v) is 4.12. The average molecular weight is 280 g/mol. The summed E-state index contributed by atoms with van der Waals surface area (Å²) in [6, 6.07) is 14.1. The summed E-state index contributed by atoms with van der Waals surface area (Å²) in [5.41, 5.74) is 11.2. The van der Waals surface area contributed by atoms with Gasteiger partial charge >= 0.3 is 0 Å². The van der Waals surface area contributed by atoms with Crippen LogP contribution in [0.15, 0.2) is 42.5 Å². The molecule has 2 aromatic carbocycles. The van der Waals surface area contributed by atoms with Crippen LogP contribution in [-0.4, -0.2) is 5.91 Å². The van der Waals surface area contributed by atoms with E-state index in [1.807, 2.05) is 35.2 Å². The molecular formula is C18H20N2O. The Kier molecular flexibility index (Phi) is 3.65. The number of nitrogens with zero attached hydrogens (tertiary/aromatic N) is 1. The van der Waals surface area contributed by atoms with Gasteiger partial charge in [-0.15, -0.1) is 0 Å². The highest BCUT2D eigenvalue weighted by molar-refractivity contribution is 5.95. The molecule has 0 bridgehead atoms. The molecule has 0 spiro atoms. The lowest BCUT2D eigenvalue weighted by Crippen LogP contribution is -2.29. The molecule has 0 radical (unpaired) electrons. The highest BCUT2D eigenvalue weighted by Crippen LogP contribution is 2.30. The van der Waals surface area contributed by atoms with Crippen LogP contribution in [0.5, 0.6) is 0 Å². The van der Waals surface area contributed by atoms with E-state index in [0.29, 0.717) is 13.0 Å². The first-order valence-electron chi connectivity index (χ1n) is 7.38. The first-order chi connectivity index (χ1) is 10.1. The maximum Gasteiger partial charge on any atom is 0.227 e. The second-order valence-corrected chi connectivity index (χ2v) is 5.65. The zero-order chi connectivity index (χ0) is 14.8. The summed E-state index contributed by atoms with van der Waals surface area (Å²) in [4.78, 5) is 14.4. The number of amides is 1. The van der Waals surface area contributed by atoms with Crippen molar-refractivity contribution in [3.05, 3.63) is 59.2 Å². The number of nitrogen functional groups attached to an aromatic ring is 1. The molecule has 0 unspecified atom stereocenters. The van der Waals surface area contributed by atoms with Crippen LogP contribution in [0.25, 0.3) is 0 Å². The molecule has 1 aliphatic rings. The maximum atomic E-state index is 12.5. The van der Waals surface area contributed by atoms with Crippen molar-refractivity contribution in [1.82, 2.24) is 0 Å². The molecule has 3 heteroatoms. The van der Waals surface area contributed by atoms with Gasteiger partial charge in [-0.05, 0) is 54.7 Å². The zero-order valence-electron chi connectivity index (χ0n) is 12.3. The van der Waals surface area contributed by atoms with E-state index in [1.165, 1.54) is 16.7 Å². The number of aryl methyl sites for hydroxylation is 2. The van der Waals surface area contributed by atoms with E-state index < -0.39 is 0 Å². The molecule has 3 rings (SSSR count). The smallest absolute Gasteiger partial charge is 0.227 e. The number of nitrogens with two attached hydrogens (primary N) is 1. The molecule has 21 heavy (non-hydrogen) atoms. The topological polar surface area (TPSA) is 46.3 Å². The predicted octanol–water partition coefficient (Wildman–Crippen LogP) is 3.45. The van der Waals surface area contributed by atoms with Gasteiger partial charge in [0.1, 0.15) is 0 Å². The summed E-state index contributed by atoms with van der Waals surface area (Å²) in [7, 11) is 0. The van der Waals surface area contributed by atoms with E-state index in [2.05, 4.69) is 19.1 Å². The van der Waals surface area contributed by atoms with Crippen molar-refractivity contribution in [3.8, 4) is 0 Å². The number of fused-ring (bicyclic) bond motifs is 1. The highest BCUT2D eigenvalue weighted by Gasteiger charge is 2.22. The summed E-state index contributed by atoms with van der Waals surface area (Å²) in [6.45, 7) is 2.71. The Hall–Kier alpha value is -2.29. The number of carbonyl (C=O) groups excluding carboxylic acids is 1. The summed E-state index contributed by atoms with van der Waals surface area (Å²) < 4.78 is 0. The van der Waals surface area contributed by atoms with Crippen molar-refractivity contribution in [3.63, 3.8) is 0 Å². The van der Waals surface area contributed by atoms with Crippen molar-refractivity contribution < 1.29 is 4.79 Å². The molecule has 1 aliphatic heterocycles. The van der Waals surface area contributed by atoms with Gasteiger partial charge in [0.05, 0.1) is 6.54 Å². The van der Waals surface area contributed by atoms with Crippen LogP contribution in [0.2, 0.25) is 0 Å². The number of benzene rings is 2. The molecule has 3 nitrogen and oxygen atoms in total. The van der Waals surface area contributed by atoms with Gasteiger partial charge in [-0.25, -0.2) is 0 Å². The van der Waals surface area contributed by atoms with Crippen LogP contribution < -0.4 is 10.6 Å². The van der Waals surface area contributed by atoms with Crippen molar-refractivity contribution >= 4 is 17.3 Å². The summed E-state index contributed by atoms with van der Waals surface area (Å²) in [6.07, 6.45) is 2.40. The Labute approximate surface area is 125 Å². The van der Waals surface area contributed by atoms with Gasteiger partial charge in [0.2, 0.25) is 5.91 Å². The van der Waals surface area contributed by atoms with Gasteiger partial charge in [-0.2, -0.15) is 0 Å². The Morgan fingerprint density at radius 2 is 1.95 bits per heavy atom. The van der Waals surface area contributed by atoms with Crippen LogP contribution in [0.1, 0.15) is 29.5 Å². The van der Waals surface area contributed by atoms with E-state index in [0.717, 1.165) is 24.2 Å². The third-order valence-electron chi connectivity index (χ3n) is 4.12. The SMILES string of the molecule is Cc1ccccc1CN1C(=O)CCCc2cc(N)ccc21. The number of carbonyl (C=O) groups is 1. The summed E-state index contributed by atoms with van der Waals surface area (Å²) in [5, 5.41) is 0. The molecule has 0 aliphatic carbocycles. The monoisotopic (exact) mass is 280 g/mol. The molecule has 1 heterocycles. The van der Waals surface area contributed by atoms with Crippen LogP contribution in [0, 0.1) is 6.92 Å². The summed E-state index contributed by atoms with van der Waals surface area (Å²) >= 11 is 0. The lowest BCUT2D eigenvalue weighted by molar-refractivity contribution is -0.118. The Morgan fingerprint density at radius 3 is 2.76 bits per heavy atom. The van der Waals surface area contributed by atoms with Crippen LogP contribution in [-0.2, 0) is 17.8 Å².